The van der Waals surface area contributed by atoms with E-state index in [-0.39, 0.29) is 6.29 Å². The molecule has 6 nitrogen and oxygen atoms in total. The highest BCUT2D eigenvalue weighted by atomic mass is 16.4. The third-order valence-corrected chi connectivity index (χ3v) is 1.42. The minimum Gasteiger partial charge on any atom is -0.394 e. The summed E-state index contributed by atoms with van der Waals surface area (Å²) >= 11 is 0. The second kappa shape index (κ2) is 5.18. The first kappa shape index (κ1) is 11.5. The van der Waals surface area contributed by atoms with Gasteiger partial charge in [0.05, 0.1) is 6.61 Å². The molecule has 5 N–H and O–H groups in total. The number of hydrogen-bond acceptors (Lipinski definition) is 6. The minimum atomic E-state index is -1.79. The number of aliphatic hydroxyl groups is 5. The molecule has 0 fully saturated rings. The molecule has 0 saturated heterocycles. The van der Waals surface area contributed by atoms with E-state index in [1.807, 2.05) is 0 Å². The van der Waals surface area contributed by atoms with Gasteiger partial charge in [-0.15, -0.1) is 0 Å². The highest BCUT2D eigenvalue weighted by molar-refractivity contribution is 5.56. The average molecular weight is 181 g/mol. The lowest BCUT2D eigenvalue weighted by atomic mass is 10.2. The summed E-state index contributed by atoms with van der Waals surface area (Å²) in [6, 6.07) is 0. The Hall–Kier alpha value is -0.530. The highest BCUT2D eigenvalue weighted by Crippen LogP contribution is 2.02. The van der Waals surface area contributed by atoms with Crippen LogP contribution in [0.1, 0.15) is 0 Å². The Balaban J connectivity index is 4.07. The number of rotatable bonds is 5. The fraction of sp³-hybridized carbons (Fsp3) is 0.833. The van der Waals surface area contributed by atoms with E-state index >= 15 is 0 Å². The maximum atomic E-state index is 9.90. The first-order valence-electron chi connectivity index (χ1n) is 3.33. The van der Waals surface area contributed by atoms with Crippen molar-refractivity contribution in [1.29, 1.82) is 0 Å². The molecule has 0 saturated carbocycles. The third-order valence-electron chi connectivity index (χ3n) is 1.42. The lowest BCUT2D eigenvalue weighted by Gasteiger charge is -2.22. The van der Waals surface area contributed by atoms with Crippen LogP contribution in [0.5, 0.6) is 0 Å². The van der Waals surface area contributed by atoms with Crippen LogP contribution in [-0.4, -0.2) is 62.8 Å². The monoisotopic (exact) mass is 181 g/mol. The van der Waals surface area contributed by atoms with Gasteiger partial charge in [0.2, 0.25) is 0 Å². The Morgan fingerprint density at radius 1 is 1.08 bits per heavy atom. The Morgan fingerprint density at radius 2 is 1.58 bits per heavy atom. The second-order valence-electron chi connectivity index (χ2n) is 2.36. The van der Waals surface area contributed by atoms with Crippen molar-refractivity contribution in [1.82, 2.24) is 0 Å². The maximum Gasteiger partial charge on any atom is 0.151 e. The number of carbonyl (C=O) groups excluding carboxylic acids is 1. The molecule has 0 aromatic rings. The predicted octanol–water partition coefficient (Wildman–Crippen LogP) is -3.38. The molecule has 6 heteroatoms. The van der Waals surface area contributed by atoms with Gasteiger partial charge in [-0.05, 0) is 0 Å². The lowest BCUT2D eigenvalue weighted by molar-refractivity contribution is -0.136. The van der Waals surface area contributed by atoms with E-state index in [0.717, 1.165) is 0 Å². The van der Waals surface area contributed by atoms with Crippen LogP contribution in [-0.2, 0) is 4.79 Å². The van der Waals surface area contributed by atoms with Crippen molar-refractivity contribution < 1.29 is 30.3 Å². The van der Waals surface area contributed by atoms with E-state index in [4.69, 9.17) is 25.5 Å². The van der Waals surface area contributed by atoms with Crippen LogP contribution in [0.25, 0.3) is 0 Å². The van der Waals surface area contributed by atoms with Crippen molar-refractivity contribution in [3.05, 3.63) is 0 Å². The number of carbonyl (C=O) groups is 1. The van der Waals surface area contributed by atoms with Crippen LogP contribution >= 0.6 is 0 Å². The van der Waals surface area contributed by atoms with Gasteiger partial charge in [-0.25, -0.2) is 0 Å². The Labute approximate surface area is 68.7 Å². The molecule has 4 atom stereocenters. The lowest BCUT2D eigenvalue weighted by Crippen LogP contribution is -2.46. The largest absolute Gasteiger partial charge is 0.394 e. The van der Waals surface area contributed by atoms with Gasteiger partial charge in [-0.2, -0.15) is 0 Å². The molecule has 0 spiro atoms. The minimum absolute atomic E-state index is 0.0258. The van der Waals surface area contributed by atoms with E-state index in [2.05, 4.69) is 0 Å². The molecule has 12 heavy (non-hydrogen) atoms. The summed E-state index contributed by atoms with van der Waals surface area (Å²) in [5, 5.41) is 43.5. The zero-order valence-corrected chi connectivity index (χ0v) is 6.24. The molecule has 0 aliphatic heterocycles. The van der Waals surface area contributed by atoms with Gasteiger partial charge >= 0.3 is 0 Å². The molecule has 0 aliphatic rings. The van der Waals surface area contributed by atoms with Crippen LogP contribution in [0.2, 0.25) is 0 Å². The number of hydrogen-bond donors (Lipinski definition) is 5. The van der Waals surface area contributed by atoms with E-state index in [1.165, 1.54) is 0 Å². The van der Waals surface area contributed by atoms with Gasteiger partial charge in [0, 0.05) is 0 Å². The molecule has 0 heterocycles. The highest BCUT2D eigenvalue weighted by Gasteiger charge is 2.29. The molecule has 0 radical (unpaired) electrons. The summed E-state index contributed by atoms with van der Waals surface area (Å²) in [6.45, 7) is -0.760. The molecular formula is C6H12O6. The van der Waals surface area contributed by atoms with Crippen LogP contribution in [0.4, 0.5) is 0 Å². The molecule has 0 rings (SSSR count). The first-order valence-corrected chi connectivity index (χ1v) is 3.33. The molecule has 72 valence electrons. The SMILES string of the molecule is O=C[C@@H](O)[C@H](O)[13C@H](O)[C@@H](O)CO. The number of aldehydes is 1. The zero-order chi connectivity index (χ0) is 9.72. The van der Waals surface area contributed by atoms with Crippen LogP contribution in [0, 0.1) is 0 Å². The quantitative estimate of drug-likeness (QED) is 0.223. The smallest absolute Gasteiger partial charge is 0.151 e. The zero-order valence-electron chi connectivity index (χ0n) is 6.24. The summed E-state index contributed by atoms with van der Waals surface area (Å²) in [7, 11) is 0. The number of aliphatic hydroxyl groups excluding tert-OH is 5. The Morgan fingerprint density at radius 3 is 1.92 bits per heavy atom. The fourth-order valence-electron chi connectivity index (χ4n) is 0.618. The van der Waals surface area contributed by atoms with Gasteiger partial charge in [-0.3, -0.25) is 0 Å². The summed E-state index contributed by atoms with van der Waals surface area (Å²) in [4.78, 5) is 9.90. The van der Waals surface area contributed by atoms with E-state index in [9.17, 15) is 4.79 Å². The molecular weight excluding hydrogens is 169 g/mol. The molecule has 0 amide bonds. The molecule has 0 bridgehead atoms. The van der Waals surface area contributed by atoms with E-state index in [0.29, 0.717) is 0 Å². The topological polar surface area (TPSA) is 118 Å². The van der Waals surface area contributed by atoms with Crippen LogP contribution in [0.15, 0.2) is 0 Å². The average Bonchev–Trinajstić information content (AvgIpc) is 2.12. The van der Waals surface area contributed by atoms with Crippen LogP contribution in [0.3, 0.4) is 0 Å². The summed E-state index contributed by atoms with van der Waals surface area (Å²) in [6.07, 6.45) is -6.84. The van der Waals surface area contributed by atoms with Crippen molar-refractivity contribution in [3.63, 3.8) is 0 Å². The van der Waals surface area contributed by atoms with Crippen molar-refractivity contribution in [2.75, 3.05) is 6.61 Å². The third kappa shape index (κ3) is 2.84. The standard InChI is InChI=1S/C6H12O6/c7-1-3(9)5(11)6(12)4(10)2-8/h1,3-6,8-12H,2H2/t3-,4+,5+,6-/m1/s1/i6+1. The fourth-order valence-corrected chi connectivity index (χ4v) is 0.618. The molecule has 0 aromatic heterocycles. The van der Waals surface area contributed by atoms with Gasteiger partial charge in [0.25, 0.3) is 0 Å². The van der Waals surface area contributed by atoms with Gasteiger partial charge < -0.3 is 30.3 Å². The Bertz CT molecular complexity index is 138. The summed E-state index contributed by atoms with van der Waals surface area (Å²) in [5.74, 6) is 0. The van der Waals surface area contributed by atoms with Gasteiger partial charge in [0.15, 0.2) is 6.29 Å². The van der Waals surface area contributed by atoms with Crippen molar-refractivity contribution in [2.24, 2.45) is 0 Å². The molecule has 0 aliphatic carbocycles. The summed E-state index contributed by atoms with van der Waals surface area (Å²) in [5.41, 5.74) is 0. The molecule has 0 unspecified atom stereocenters. The maximum absolute atomic E-state index is 9.90. The van der Waals surface area contributed by atoms with Gasteiger partial charge in [0.1, 0.15) is 24.4 Å². The first-order chi connectivity index (χ1) is 5.54. The Kier molecular flexibility index (Phi) is 4.95. The van der Waals surface area contributed by atoms with Crippen LogP contribution < -0.4 is 0 Å². The van der Waals surface area contributed by atoms with Crippen molar-refractivity contribution in [3.8, 4) is 0 Å². The second-order valence-corrected chi connectivity index (χ2v) is 2.36. The van der Waals surface area contributed by atoms with E-state index < -0.39 is 31.0 Å². The molecule has 0 aromatic carbocycles. The van der Waals surface area contributed by atoms with Gasteiger partial charge in [-0.1, -0.05) is 0 Å². The van der Waals surface area contributed by atoms with Crippen molar-refractivity contribution in [2.45, 2.75) is 24.4 Å². The van der Waals surface area contributed by atoms with Crippen molar-refractivity contribution >= 4 is 6.29 Å². The van der Waals surface area contributed by atoms with E-state index in [1.54, 1.807) is 0 Å². The normalized spacial score (nSPS) is 21.1. The predicted molar refractivity (Wildman–Crippen MR) is 37.2 cm³/mol. The summed E-state index contributed by atoms with van der Waals surface area (Å²) < 4.78 is 0.